The Morgan fingerprint density at radius 3 is 2.80 bits per heavy atom. The second-order valence-electron chi connectivity index (χ2n) is 4.61. The summed E-state index contributed by atoms with van der Waals surface area (Å²) in [5.74, 6) is -0.146. The average Bonchev–Trinajstić information content (AvgIpc) is 2.88. The van der Waals surface area contributed by atoms with Crippen LogP contribution in [0.25, 0.3) is 10.9 Å². The number of amides is 1. The van der Waals surface area contributed by atoms with E-state index >= 15 is 0 Å². The average molecular weight is 285 g/mol. The number of rotatable bonds is 2. The molecule has 0 saturated carbocycles. The molecule has 20 heavy (non-hydrogen) atoms. The Morgan fingerprint density at radius 1 is 1.15 bits per heavy atom. The van der Waals surface area contributed by atoms with E-state index in [1.807, 2.05) is 43.3 Å². The van der Waals surface area contributed by atoms with Gasteiger partial charge in [-0.2, -0.15) is 0 Å². The van der Waals surface area contributed by atoms with Crippen LogP contribution in [0.15, 0.2) is 48.7 Å². The lowest BCUT2D eigenvalue weighted by atomic mass is 10.1. The second kappa shape index (κ2) is 5.02. The second-order valence-corrected chi connectivity index (χ2v) is 5.02. The molecule has 0 atom stereocenters. The van der Waals surface area contributed by atoms with Crippen LogP contribution in [0.1, 0.15) is 15.9 Å². The van der Waals surface area contributed by atoms with E-state index < -0.39 is 0 Å². The molecule has 0 radical (unpaired) electrons. The van der Waals surface area contributed by atoms with Gasteiger partial charge in [-0.15, -0.1) is 0 Å². The summed E-state index contributed by atoms with van der Waals surface area (Å²) in [5, 5.41) is 4.45. The van der Waals surface area contributed by atoms with Crippen molar-refractivity contribution < 1.29 is 4.79 Å². The van der Waals surface area contributed by atoms with E-state index in [1.54, 1.807) is 12.3 Å². The molecule has 0 bridgehead atoms. The first-order chi connectivity index (χ1) is 9.66. The number of para-hydroxylation sites is 1. The Hall–Kier alpha value is -2.26. The molecule has 1 amide bonds. The number of anilines is 1. The number of aromatic amines is 1. The van der Waals surface area contributed by atoms with Crippen LogP contribution in [0.3, 0.4) is 0 Å². The molecule has 100 valence electrons. The molecular formula is C16H13ClN2O. The summed E-state index contributed by atoms with van der Waals surface area (Å²) in [5.41, 5.74) is 3.16. The van der Waals surface area contributed by atoms with Crippen molar-refractivity contribution >= 4 is 34.1 Å². The highest BCUT2D eigenvalue weighted by Gasteiger charge is 2.13. The smallest absolute Gasteiger partial charge is 0.257 e. The monoisotopic (exact) mass is 284 g/mol. The van der Waals surface area contributed by atoms with Crippen LogP contribution in [0, 0.1) is 6.92 Å². The minimum Gasteiger partial charge on any atom is -0.360 e. The summed E-state index contributed by atoms with van der Waals surface area (Å²) >= 11 is 6.06. The minimum absolute atomic E-state index is 0.146. The van der Waals surface area contributed by atoms with E-state index in [1.165, 1.54) is 0 Å². The van der Waals surface area contributed by atoms with E-state index in [0.717, 1.165) is 22.2 Å². The summed E-state index contributed by atoms with van der Waals surface area (Å²) in [6, 6.07) is 13.2. The van der Waals surface area contributed by atoms with E-state index in [2.05, 4.69) is 10.3 Å². The number of nitrogens with one attached hydrogen (secondary N) is 2. The molecule has 2 N–H and O–H groups in total. The van der Waals surface area contributed by atoms with Crippen LogP contribution in [-0.4, -0.2) is 10.9 Å². The standard InChI is InChI=1S/C16H13ClN2O/c1-10-13(17)6-4-8-14(10)19-16(20)12-9-18-15-7-3-2-5-11(12)15/h2-9,18H,1H3,(H,19,20). The molecule has 0 aliphatic rings. The van der Waals surface area contributed by atoms with Gasteiger partial charge in [0.15, 0.2) is 0 Å². The fourth-order valence-corrected chi connectivity index (χ4v) is 2.37. The van der Waals surface area contributed by atoms with Crippen molar-refractivity contribution in [2.45, 2.75) is 6.92 Å². The van der Waals surface area contributed by atoms with E-state index in [4.69, 9.17) is 11.6 Å². The number of carbonyl (C=O) groups excluding carboxylic acids is 1. The number of hydrogen-bond acceptors (Lipinski definition) is 1. The zero-order chi connectivity index (χ0) is 14.1. The van der Waals surface area contributed by atoms with Crippen molar-refractivity contribution in [2.24, 2.45) is 0 Å². The SMILES string of the molecule is Cc1c(Cl)cccc1NC(=O)c1c[nH]c2ccccc12. The maximum atomic E-state index is 12.4. The quantitative estimate of drug-likeness (QED) is 0.720. The van der Waals surface area contributed by atoms with Crippen molar-refractivity contribution in [3.8, 4) is 0 Å². The Kier molecular flexibility index (Phi) is 3.20. The third-order valence-electron chi connectivity index (χ3n) is 3.35. The van der Waals surface area contributed by atoms with Crippen LogP contribution in [0.5, 0.6) is 0 Å². The summed E-state index contributed by atoms with van der Waals surface area (Å²) in [4.78, 5) is 15.5. The van der Waals surface area contributed by atoms with Crippen LogP contribution in [0.4, 0.5) is 5.69 Å². The highest BCUT2D eigenvalue weighted by atomic mass is 35.5. The summed E-state index contributed by atoms with van der Waals surface area (Å²) < 4.78 is 0. The van der Waals surface area contributed by atoms with Gasteiger partial charge in [-0.1, -0.05) is 35.9 Å². The minimum atomic E-state index is -0.146. The van der Waals surface area contributed by atoms with Gasteiger partial charge in [0, 0.05) is 27.8 Å². The molecule has 3 nitrogen and oxygen atoms in total. The molecule has 3 aromatic rings. The molecule has 2 aromatic carbocycles. The van der Waals surface area contributed by atoms with Crippen molar-refractivity contribution in [1.29, 1.82) is 0 Å². The lowest BCUT2D eigenvalue weighted by Crippen LogP contribution is -2.12. The predicted molar refractivity (Wildman–Crippen MR) is 82.4 cm³/mol. The number of fused-ring (bicyclic) bond motifs is 1. The molecule has 0 saturated heterocycles. The van der Waals surface area contributed by atoms with Gasteiger partial charge in [0.2, 0.25) is 0 Å². The van der Waals surface area contributed by atoms with Crippen molar-refractivity contribution in [3.05, 3.63) is 64.8 Å². The first kappa shape index (κ1) is 12.8. The van der Waals surface area contributed by atoms with Gasteiger partial charge >= 0.3 is 0 Å². The highest BCUT2D eigenvalue weighted by molar-refractivity contribution is 6.31. The number of halogens is 1. The molecular weight excluding hydrogens is 272 g/mol. The van der Waals surface area contributed by atoms with Gasteiger partial charge in [0.1, 0.15) is 0 Å². The Morgan fingerprint density at radius 2 is 1.95 bits per heavy atom. The first-order valence-corrected chi connectivity index (χ1v) is 6.67. The van der Waals surface area contributed by atoms with E-state index in [-0.39, 0.29) is 5.91 Å². The zero-order valence-corrected chi connectivity index (χ0v) is 11.7. The fourth-order valence-electron chi connectivity index (χ4n) is 2.19. The van der Waals surface area contributed by atoms with Gasteiger partial charge < -0.3 is 10.3 Å². The summed E-state index contributed by atoms with van der Waals surface area (Å²) in [7, 11) is 0. The molecule has 0 spiro atoms. The Balaban J connectivity index is 1.95. The molecule has 0 fully saturated rings. The van der Waals surface area contributed by atoms with Crippen LogP contribution < -0.4 is 5.32 Å². The van der Waals surface area contributed by atoms with Crippen LogP contribution in [0.2, 0.25) is 5.02 Å². The molecule has 0 unspecified atom stereocenters. The highest BCUT2D eigenvalue weighted by Crippen LogP contribution is 2.24. The Bertz CT molecular complexity index is 792. The number of carbonyl (C=O) groups is 1. The van der Waals surface area contributed by atoms with Crippen molar-refractivity contribution in [1.82, 2.24) is 4.98 Å². The van der Waals surface area contributed by atoms with E-state index in [9.17, 15) is 4.79 Å². The number of benzene rings is 2. The van der Waals surface area contributed by atoms with Crippen LogP contribution >= 0.6 is 11.6 Å². The molecule has 3 rings (SSSR count). The molecule has 1 heterocycles. The van der Waals surface area contributed by atoms with Gasteiger partial charge in [-0.05, 0) is 30.7 Å². The normalized spacial score (nSPS) is 10.7. The van der Waals surface area contributed by atoms with Gasteiger partial charge in [-0.25, -0.2) is 0 Å². The number of hydrogen-bond donors (Lipinski definition) is 2. The fraction of sp³-hybridized carbons (Fsp3) is 0.0625. The zero-order valence-electron chi connectivity index (χ0n) is 10.9. The van der Waals surface area contributed by atoms with E-state index in [0.29, 0.717) is 10.6 Å². The first-order valence-electron chi connectivity index (χ1n) is 6.29. The Labute approximate surface area is 121 Å². The lowest BCUT2D eigenvalue weighted by molar-refractivity contribution is 0.102. The third kappa shape index (κ3) is 2.17. The largest absolute Gasteiger partial charge is 0.360 e. The van der Waals surface area contributed by atoms with Gasteiger partial charge in [-0.3, -0.25) is 4.79 Å². The maximum absolute atomic E-state index is 12.4. The number of aromatic nitrogens is 1. The molecule has 0 aliphatic carbocycles. The lowest BCUT2D eigenvalue weighted by Gasteiger charge is -2.08. The summed E-state index contributed by atoms with van der Waals surface area (Å²) in [6.45, 7) is 1.88. The third-order valence-corrected chi connectivity index (χ3v) is 3.76. The number of H-pyrrole nitrogens is 1. The molecule has 4 heteroatoms. The van der Waals surface area contributed by atoms with Gasteiger partial charge in [0.25, 0.3) is 5.91 Å². The topological polar surface area (TPSA) is 44.9 Å². The molecule has 0 aliphatic heterocycles. The van der Waals surface area contributed by atoms with Gasteiger partial charge in [0.05, 0.1) is 5.56 Å². The predicted octanol–water partition coefficient (Wildman–Crippen LogP) is 4.38. The summed E-state index contributed by atoms with van der Waals surface area (Å²) in [6.07, 6.45) is 1.72. The maximum Gasteiger partial charge on any atom is 0.257 e. The van der Waals surface area contributed by atoms with Crippen molar-refractivity contribution in [2.75, 3.05) is 5.32 Å². The van der Waals surface area contributed by atoms with Crippen molar-refractivity contribution in [3.63, 3.8) is 0 Å². The molecule has 1 aromatic heterocycles. The van der Waals surface area contributed by atoms with Crippen LogP contribution in [-0.2, 0) is 0 Å².